The fourth-order valence-electron chi connectivity index (χ4n) is 9.18. The van der Waals surface area contributed by atoms with Crippen LogP contribution in [0.15, 0.2) is 72.9 Å². The number of piperazine rings is 1. The number of aromatic nitrogens is 3. The topological polar surface area (TPSA) is 146 Å². The van der Waals surface area contributed by atoms with Gasteiger partial charge in [0.05, 0.1) is 17.3 Å². The second-order valence-electron chi connectivity index (χ2n) is 17.1. The molecule has 2 aromatic heterocycles. The Labute approximate surface area is 369 Å². The summed E-state index contributed by atoms with van der Waals surface area (Å²) in [6, 6.07) is 20.3. The standard InChI is InChI=1S/C49H60FN9O4/c1-4-44-41(45(55-39-16-22-63-23-17-39)42-29-54-59(5-2)46(42)56-44)28-53-47(60)35-14-19-58(20-15-35)49(62)38-11-7-10-37(26-38)48(61)52-27-33-12-13-43(50)40(25-33)36-9-6-8-34(24-36)31-57-21-18-51-32(3)30-57/h6-13,24-26,29,32,35,39,51H,4-5,14-23,27-28,30-31H2,1-3H3,(H,52,61)(H,53,60)(H,55,56). The molecule has 0 spiro atoms. The second kappa shape index (κ2) is 20.2. The average molecular weight is 858 g/mol. The molecule has 0 radical (unpaired) electrons. The van der Waals surface area contributed by atoms with Gasteiger partial charge < -0.3 is 30.9 Å². The Morgan fingerprint density at radius 1 is 0.889 bits per heavy atom. The van der Waals surface area contributed by atoms with Crippen molar-refractivity contribution in [3.8, 4) is 11.1 Å². The molecule has 63 heavy (non-hydrogen) atoms. The van der Waals surface area contributed by atoms with E-state index >= 15 is 4.39 Å². The van der Waals surface area contributed by atoms with Crippen LogP contribution >= 0.6 is 0 Å². The summed E-state index contributed by atoms with van der Waals surface area (Å²) in [4.78, 5) is 49.9. The Hall–Kier alpha value is -5.70. The molecule has 3 saturated heterocycles. The van der Waals surface area contributed by atoms with Crippen LogP contribution in [0, 0.1) is 11.7 Å². The van der Waals surface area contributed by atoms with E-state index in [4.69, 9.17) is 9.72 Å². The molecule has 3 amide bonds. The van der Waals surface area contributed by atoms with Crippen LogP contribution in [-0.4, -0.2) is 100 Å². The van der Waals surface area contributed by atoms with Crippen LogP contribution in [0.3, 0.4) is 0 Å². The number of rotatable bonds is 14. The summed E-state index contributed by atoms with van der Waals surface area (Å²) in [6.45, 7) is 13.5. The molecule has 0 bridgehead atoms. The SMILES string of the molecule is CCc1nc2c(cnn2CC)c(NC2CCOCC2)c1CNC(=O)C1CCN(C(=O)c2cccc(C(=O)NCc3ccc(F)c(-c4cccc(CN5CCNC(C)C5)c4)c3)c2)CC1. The lowest BCUT2D eigenvalue weighted by Crippen LogP contribution is -2.48. The number of aryl methyl sites for hydroxylation is 2. The van der Waals surface area contributed by atoms with Gasteiger partial charge in [-0.3, -0.25) is 19.3 Å². The van der Waals surface area contributed by atoms with Crippen molar-refractivity contribution in [1.29, 1.82) is 0 Å². The third-order valence-corrected chi connectivity index (χ3v) is 12.7. The van der Waals surface area contributed by atoms with Crippen molar-refractivity contribution in [2.45, 2.75) is 91.1 Å². The number of hydrogen-bond acceptors (Lipinski definition) is 9. The Bertz CT molecular complexity index is 2420. The number of nitrogens with one attached hydrogen (secondary N) is 4. The lowest BCUT2D eigenvalue weighted by Gasteiger charge is -2.31. The zero-order chi connectivity index (χ0) is 43.9. The van der Waals surface area contributed by atoms with Crippen LogP contribution < -0.4 is 21.3 Å². The largest absolute Gasteiger partial charge is 0.381 e. The van der Waals surface area contributed by atoms with E-state index in [1.165, 1.54) is 6.07 Å². The quantitative estimate of drug-likeness (QED) is 0.101. The molecule has 1 atom stereocenters. The minimum Gasteiger partial charge on any atom is -0.381 e. The van der Waals surface area contributed by atoms with Crippen LogP contribution in [0.1, 0.15) is 89.6 Å². The van der Waals surface area contributed by atoms with Crippen molar-refractivity contribution in [3.05, 3.63) is 112 Å². The maximum atomic E-state index is 15.2. The molecule has 332 valence electrons. The van der Waals surface area contributed by atoms with Crippen molar-refractivity contribution in [2.75, 3.05) is 51.3 Å². The first-order valence-electron chi connectivity index (χ1n) is 22.7. The summed E-state index contributed by atoms with van der Waals surface area (Å²) >= 11 is 0. The Morgan fingerprint density at radius 3 is 2.46 bits per heavy atom. The summed E-state index contributed by atoms with van der Waals surface area (Å²) in [7, 11) is 0. The van der Waals surface area contributed by atoms with Crippen molar-refractivity contribution in [1.82, 2.24) is 40.5 Å². The van der Waals surface area contributed by atoms with Gasteiger partial charge in [-0.1, -0.05) is 37.3 Å². The molecule has 3 aliphatic heterocycles. The molecule has 0 aliphatic carbocycles. The number of ether oxygens (including phenoxy) is 1. The molecule has 3 aliphatic rings. The zero-order valence-corrected chi connectivity index (χ0v) is 36.7. The van der Waals surface area contributed by atoms with Gasteiger partial charge in [0.15, 0.2) is 5.65 Å². The average Bonchev–Trinajstić information content (AvgIpc) is 3.74. The van der Waals surface area contributed by atoms with Gasteiger partial charge in [0.25, 0.3) is 11.8 Å². The predicted molar refractivity (Wildman–Crippen MR) is 243 cm³/mol. The van der Waals surface area contributed by atoms with Gasteiger partial charge in [-0.05, 0) is 99.0 Å². The number of fused-ring (bicyclic) bond motifs is 1. The van der Waals surface area contributed by atoms with Gasteiger partial charge in [-0.2, -0.15) is 5.10 Å². The first-order chi connectivity index (χ1) is 30.7. The Morgan fingerprint density at radius 2 is 1.68 bits per heavy atom. The van der Waals surface area contributed by atoms with Crippen LogP contribution in [0.4, 0.5) is 10.1 Å². The van der Waals surface area contributed by atoms with Crippen molar-refractivity contribution >= 4 is 34.4 Å². The van der Waals surface area contributed by atoms with E-state index in [-0.39, 0.29) is 42.0 Å². The van der Waals surface area contributed by atoms with E-state index in [9.17, 15) is 14.4 Å². The Kier molecular flexibility index (Phi) is 14.1. The molecule has 0 saturated carbocycles. The number of halogens is 1. The van der Waals surface area contributed by atoms with E-state index in [1.807, 2.05) is 29.1 Å². The number of carbonyl (C=O) groups is 3. The molecular formula is C49H60FN9O4. The maximum absolute atomic E-state index is 15.2. The van der Waals surface area contributed by atoms with Crippen LogP contribution in [0.5, 0.6) is 0 Å². The van der Waals surface area contributed by atoms with Gasteiger partial charge in [0.2, 0.25) is 5.91 Å². The van der Waals surface area contributed by atoms with Crippen molar-refractivity contribution in [3.63, 3.8) is 0 Å². The Balaban J connectivity index is 0.855. The highest BCUT2D eigenvalue weighted by molar-refractivity contribution is 6.00. The minimum absolute atomic E-state index is 0.0357. The highest BCUT2D eigenvalue weighted by atomic mass is 19.1. The normalized spacial score (nSPS) is 17.8. The second-order valence-corrected chi connectivity index (χ2v) is 17.1. The third kappa shape index (κ3) is 10.4. The van der Waals surface area contributed by atoms with Crippen molar-refractivity contribution in [2.24, 2.45) is 5.92 Å². The van der Waals surface area contributed by atoms with Gasteiger partial charge >= 0.3 is 0 Å². The molecule has 4 N–H and O–H groups in total. The van der Waals surface area contributed by atoms with E-state index < -0.39 is 0 Å². The molecule has 8 rings (SSSR count). The minimum atomic E-state index is -0.330. The third-order valence-electron chi connectivity index (χ3n) is 12.7. The highest BCUT2D eigenvalue weighted by Crippen LogP contribution is 2.32. The van der Waals surface area contributed by atoms with E-state index in [0.717, 1.165) is 83.7 Å². The number of benzene rings is 3. The van der Waals surface area contributed by atoms with Crippen molar-refractivity contribution < 1.29 is 23.5 Å². The van der Waals surface area contributed by atoms with Crippen LogP contribution in [0.25, 0.3) is 22.2 Å². The summed E-state index contributed by atoms with van der Waals surface area (Å²) in [5.41, 5.74) is 7.69. The first kappa shape index (κ1) is 43.9. The summed E-state index contributed by atoms with van der Waals surface area (Å²) < 4.78 is 22.7. The molecule has 13 nitrogen and oxygen atoms in total. The number of carbonyl (C=O) groups excluding carboxylic acids is 3. The predicted octanol–water partition coefficient (Wildman–Crippen LogP) is 6.30. The molecule has 1 unspecified atom stereocenters. The number of piperidine rings is 1. The first-order valence-corrected chi connectivity index (χ1v) is 22.7. The van der Waals surface area contributed by atoms with E-state index in [1.54, 1.807) is 41.3 Å². The fraction of sp³-hybridized carbons (Fsp3) is 0.449. The van der Waals surface area contributed by atoms with E-state index in [0.29, 0.717) is 81.4 Å². The number of amides is 3. The molecule has 3 aromatic carbocycles. The summed E-state index contributed by atoms with van der Waals surface area (Å²) in [6.07, 6.45) is 5.45. The number of likely N-dealkylation sites (tertiary alicyclic amines) is 1. The zero-order valence-electron chi connectivity index (χ0n) is 36.7. The van der Waals surface area contributed by atoms with Crippen LogP contribution in [0.2, 0.25) is 0 Å². The summed E-state index contributed by atoms with van der Waals surface area (Å²) in [5, 5.41) is 19.0. The monoisotopic (exact) mass is 857 g/mol. The van der Waals surface area contributed by atoms with E-state index in [2.05, 4.69) is 58.1 Å². The number of nitrogens with zero attached hydrogens (tertiary/aromatic N) is 5. The lowest BCUT2D eigenvalue weighted by atomic mass is 9.95. The number of pyridine rings is 1. The van der Waals surface area contributed by atoms with Gasteiger partial charge in [0.1, 0.15) is 5.82 Å². The summed E-state index contributed by atoms with van der Waals surface area (Å²) in [5.74, 6) is -1.10. The van der Waals surface area contributed by atoms with Gasteiger partial charge in [0, 0.05) is 118 Å². The number of anilines is 1. The highest BCUT2D eigenvalue weighted by Gasteiger charge is 2.29. The number of hydrogen-bond donors (Lipinski definition) is 4. The molecule has 3 fully saturated rings. The molecule has 14 heteroatoms. The molecule has 5 aromatic rings. The van der Waals surface area contributed by atoms with Gasteiger partial charge in [-0.25, -0.2) is 14.1 Å². The molecular weight excluding hydrogens is 798 g/mol. The lowest BCUT2D eigenvalue weighted by molar-refractivity contribution is -0.126. The van der Waals surface area contributed by atoms with Gasteiger partial charge in [-0.15, -0.1) is 0 Å². The smallest absolute Gasteiger partial charge is 0.253 e. The fourth-order valence-corrected chi connectivity index (χ4v) is 9.18. The molecule has 5 heterocycles. The maximum Gasteiger partial charge on any atom is 0.253 e. The van der Waals surface area contributed by atoms with Crippen LogP contribution in [-0.2, 0) is 42.1 Å².